The van der Waals surface area contributed by atoms with Crippen molar-refractivity contribution in [1.82, 2.24) is 5.32 Å². The van der Waals surface area contributed by atoms with Crippen molar-refractivity contribution in [2.45, 2.75) is 18.6 Å². The van der Waals surface area contributed by atoms with E-state index in [-0.39, 0.29) is 6.42 Å². The number of nitrogens with one attached hydrogen (secondary N) is 1. The van der Waals surface area contributed by atoms with Crippen LogP contribution in [0.4, 0.5) is 0 Å². The van der Waals surface area contributed by atoms with Gasteiger partial charge in [-0.3, -0.25) is 4.79 Å². The van der Waals surface area contributed by atoms with Crippen LogP contribution in [0.3, 0.4) is 0 Å². The quantitative estimate of drug-likeness (QED) is 0.631. The zero-order chi connectivity index (χ0) is 19.8. The fourth-order valence-corrected chi connectivity index (χ4v) is 2.83. The molecule has 0 heterocycles. The number of para-hydroxylation sites is 1. The number of carbonyl (C=O) groups is 2. The second-order valence-corrected chi connectivity index (χ2v) is 6.31. The summed E-state index contributed by atoms with van der Waals surface area (Å²) in [6.07, 6.45) is -0.768. The van der Waals surface area contributed by atoms with E-state index in [0.29, 0.717) is 11.3 Å². The number of aliphatic carboxylic acids is 1. The van der Waals surface area contributed by atoms with Gasteiger partial charge in [0.15, 0.2) is 0 Å². The summed E-state index contributed by atoms with van der Waals surface area (Å²) in [5, 5.41) is 12.2. The third-order valence-electron chi connectivity index (χ3n) is 4.23. The molecule has 0 spiro atoms. The molecule has 0 radical (unpaired) electrons. The van der Waals surface area contributed by atoms with E-state index in [1.165, 1.54) is 0 Å². The van der Waals surface area contributed by atoms with E-state index in [0.717, 1.165) is 5.56 Å². The molecule has 0 aromatic heterocycles. The van der Waals surface area contributed by atoms with Crippen molar-refractivity contribution in [3.05, 3.63) is 102 Å². The standard InChI is InChI=1S/C23H21NO4/c25-22(24-20(23(26)27)16-17-10-4-1-5-11-17)21(18-12-6-2-7-13-18)28-19-14-8-3-9-15-19/h1-15,20-21H,16H2,(H,24,25)(H,26,27)/t20-,21-/m0/s1. The topological polar surface area (TPSA) is 75.6 Å². The number of ether oxygens (including phenoxy) is 1. The molecule has 3 aromatic carbocycles. The Hall–Kier alpha value is -3.60. The monoisotopic (exact) mass is 375 g/mol. The van der Waals surface area contributed by atoms with Crippen LogP contribution < -0.4 is 10.1 Å². The molecule has 1 amide bonds. The van der Waals surface area contributed by atoms with Crippen LogP contribution >= 0.6 is 0 Å². The number of benzene rings is 3. The van der Waals surface area contributed by atoms with Gasteiger partial charge in [-0.2, -0.15) is 0 Å². The summed E-state index contributed by atoms with van der Waals surface area (Å²) in [5.41, 5.74) is 1.48. The zero-order valence-corrected chi connectivity index (χ0v) is 15.2. The molecule has 142 valence electrons. The molecule has 0 saturated carbocycles. The Balaban J connectivity index is 1.80. The minimum atomic E-state index is -1.09. The predicted molar refractivity (Wildman–Crippen MR) is 106 cm³/mol. The van der Waals surface area contributed by atoms with E-state index in [1.54, 1.807) is 24.3 Å². The van der Waals surface area contributed by atoms with Crippen molar-refractivity contribution >= 4 is 11.9 Å². The fraction of sp³-hybridized carbons (Fsp3) is 0.130. The van der Waals surface area contributed by atoms with Gasteiger partial charge in [-0.05, 0) is 17.7 Å². The Labute approximate surface area is 163 Å². The van der Waals surface area contributed by atoms with Crippen molar-refractivity contribution in [2.24, 2.45) is 0 Å². The molecule has 2 N–H and O–H groups in total. The zero-order valence-electron chi connectivity index (χ0n) is 15.2. The minimum Gasteiger partial charge on any atom is -0.480 e. The normalized spacial score (nSPS) is 12.6. The third kappa shape index (κ3) is 5.20. The third-order valence-corrected chi connectivity index (χ3v) is 4.23. The number of amides is 1. The largest absolute Gasteiger partial charge is 0.480 e. The molecule has 0 aliphatic heterocycles. The Bertz CT molecular complexity index is 898. The molecule has 0 fully saturated rings. The van der Waals surface area contributed by atoms with Gasteiger partial charge in [0.2, 0.25) is 6.10 Å². The van der Waals surface area contributed by atoms with Crippen molar-refractivity contribution in [2.75, 3.05) is 0 Å². The molecular weight excluding hydrogens is 354 g/mol. The molecule has 0 aliphatic rings. The van der Waals surface area contributed by atoms with Gasteiger partial charge in [0, 0.05) is 12.0 Å². The molecule has 0 unspecified atom stereocenters. The smallest absolute Gasteiger partial charge is 0.326 e. The van der Waals surface area contributed by atoms with E-state index in [9.17, 15) is 14.7 Å². The van der Waals surface area contributed by atoms with Crippen LogP contribution in [-0.4, -0.2) is 23.0 Å². The minimum absolute atomic E-state index is 0.189. The Morgan fingerprint density at radius 3 is 1.93 bits per heavy atom. The summed E-state index contributed by atoms with van der Waals surface area (Å²) in [6, 6.07) is 26.1. The average Bonchev–Trinajstić information content (AvgIpc) is 2.73. The number of carboxylic acid groups (broad SMARTS) is 1. The molecule has 5 nitrogen and oxygen atoms in total. The number of carboxylic acids is 1. The van der Waals surface area contributed by atoms with Crippen molar-refractivity contribution in [3.8, 4) is 5.75 Å². The summed E-state index contributed by atoms with van der Waals surface area (Å²) in [5.74, 6) is -1.07. The Morgan fingerprint density at radius 2 is 1.36 bits per heavy atom. The highest BCUT2D eigenvalue weighted by molar-refractivity contribution is 5.87. The van der Waals surface area contributed by atoms with Crippen LogP contribution in [0.5, 0.6) is 5.75 Å². The molecule has 0 saturated heterocycles. The van der Waals surface area contributed by atoms with Gasteiger partial charge in [-0.15, -0.1) is 0 Å². The van der Waals surface area contributed by atoms with Gasteiger partial charge in [0.25, 0.3) is 5.91 Å². The van der Waals surface area contributed by atoms with Crippen LogP contribution in [-0.2, 0) is 16.0 Å². The lowest BCUT2D eigenvalue weighted by Crippen LogP contribution is -2.45. The number of carbonyl (C=O) groups excluding carboxylic acids is 1. The van der Waals surface area contributed by atoms with Gasteiger partial charge in [-0.25, -0.2) is 4.79 Å². The van der Waals surface area contributed by atoms with E-state index >= 15 is 0 Å². The number of hydrogen-bond acceptors (Lipinski definition) is 3. The first-order valence-corrected chi connectivity index (χ1v) is 8.97. The Kier molecular flexibility index (Phi) is 6.41. The SMILES string of the molecule is O=C(O)[C@H](Cc1ccccc1)NC(=O)[C@@H](Oc1ccccc1)c1ccccc1. The van der Waals surface area contributed by atoms with Crippen molar-refractivity contribution < 1.29 is 19.4 Å². The second-order valence-electron chi connectivity index (χ2n) is 6.31. The fourth-order valence-electron chi connectivity index (χ4n) is 2.83. The lowest BCUT2D eigenvalue weighted by atomic mass is 10.0. The highest BCUT2D eigenvalue weighted by atomic mass is 16.5. The molecule has 0 aliphatic carbocycles. The summed E-state index contributed by atoms with van der Waals surface area (Å²) >= 11 is 0. The first-order valence-electron chi connectivity index (χ1n) is 8.97. The first kappa shape index (κ1) is 19.2. The van der Waals surface area contributed by atoms with Gasteiger partial charge >= 0.3 is 5.97 Å². The number of hydrogen-bond donors (Lipinski definition) is 2. The second kappa shape index (κ2) is 9.37. The molecule has 2 atom stereocenters. The van der Waals surface area contributed by atoms with Crippen molar-refractivity contribution in [3.63, 3.8) is 0 Å². The summed E-state index contributed by atoms with van der Waals surface area (Å²) < 4.78 is 5.89. The predicted octanol–water partition coefficient (Wildman–Crippen LogP) is 3.62. The van der Waals surface area contributed by atoms with Gasteiger partial charge in [0.05, 0.1) is 0 Å². The maximum Gasteiger partial charge on any atom is 0.326 e. The van der Waals surface area contributed by atoms with Crippen molar-refractivity contribution in [1.29, 1.82) is 0 Å². The summed E-state index contributed by atoms with van der Waals surface area (Å²) in [7, 11) is 0. The maximum absolute atomic E-state index is 13.0. The van der Waals surface area contributed by atoms with E-state index in [4.69, 9.17) is 4.74 Å². The van der Waals surface area contributed by atoms with E-state index in [1.807, 2.05) is 66.7 Å². The van der Waals surface area contributed by atoms with Gasteiger partial charge < -0.3 is 15.2 Å². The lowest BCUT2D eigenvalue weighted by molar-refractivity contribution is -0.143. The summed E-state index contributed by atoms with van der Waals surface area (Å²) in [6.45, 7) is 0. The highest BCUT2D eigenvalue weighted by Gasteiger charge is 2.28. The van der Waals surface area contributed by atoms with E-state index < -0.39 is 24.0 Å². The van der Waals surface area contributed by atoms with Gasteiger partial charge in [0.1, 0.15) is 11.8 Å². The highest BCUT2D eigenvalue weighted by Crippen LogP contribution is 2.22. The molecular formula is C23H21NO4. The van der Waals surface area contributed by atoms with Crippen LogP contribution in [0.1, 0.15) is 17.2 Å². The van der Waals surface area contributed by atoms with Crippen LogP contribution in [0, 0.1) is 0 Å². The molecule has 28 heavy (non-hydrogen) atoms. The molecule has 3 rings (SSSR count). The van der Waals surface area contributed by atoms with Crippen LogP contribution in [0.2, 0.25) is 0 Å². The Morgan fingerprint density at radius 1 is 0.821 bits per heavy atom. The van der Waals surface area contributed by atoms with Crippen LogP contribution in [0.15, 0.2) is 91.0 Å². The first-order chi connectivity index (χ1) is 13.6. The average molecular weight is 375 g/mol. The number of rotatable bonds is 8. The maximum atomic E-state index is 13.0. The molecule has 5 heteroatoms. The van der Waals surface area contributed by atoms with Gasteiger partial charge in [-0.1, -0.05) is 78.9 Å². The van der Waals surface area contributed by atoms with E-state index in [2.05, 4.69) is 5.32 Å². The lowest BCUT2D eigenvalue weighted by Gasteiger charge is -2.22. The molecule has 0 bridgehead atoms. The summed E-state index contributed by atoms with van der Waals surface area (Å²) in [4.78, 5) is 24.7. The van der Waals surface area contributed by atoms with Crippen LogP contribution in [0.25, 0.3) is 0 Å². The molecule has 3 aromatic rings.